The molecule has 2 unspecified atom stereocenters. The van der Waals surface area contributed by atoms with Gasteiger partial charge in [-0.25, -0.2) is 0 Å². The second kappa shape index (κ2) is 7.20. The number of nitrogens with two attached hydrogens (primary N) is 1. The summed E-state index contributed by atoms with van der Waals surface area (Å²) >= 11 is 0. The molecule has 4 nitrogen and oxygen atoms in total. The molecule has 0 saturated heterocycles. The normalized spacial score (nSPS) is 13.7. The van der Waals surface area contributed by atoms with Gasteiger partial charge in [-0.2, -0.15) is 4.98 Å². The molecule has 0 aliphatic heterocycles. The van der Waals surface area contributed by atoms with E-state index in [1.165, 1.54) is 5.56 Å². The van der Waals surface area contributed by atoms with E-state index >= 15 is 0 Å². The molecule has 3 aromatic rings. The quantitative estimate of drug-likeness (QED) is 0.755. The minimum absolute atomic E-state index is 0.0182. The molecular formula is C19H21N3O. The van der Waals surface area contributed by atoms with Gasteiger partial charge >= 0.3 is 0 Å². The summed E-state index contributed by atoms with van der Waals surface area (Å²) in [6.07, 6.45) is 1.67. The third-order valence-electron chi connectivity index (χ3n) is 4.08. The maximum atomic E-state index is 6.32. The topological polar surface area (TPSA) is 64.9 Å². The fourth-order valence-corrected chi connectivity index (χ4v) is 2.57. The van der Waals surface area contributed by atoms with Gasteiger partial charge in [0.25, 0.3) is 0 Å². The van der Waals surface area contributed by atoms with Crippen LogP contribution in [0.3, 0.4) is 0 Å². The van der Waals surface area contributed by atoms with Gasteiger partial charge in [0.2, 0.25) is 5.89 Å². The summed E-state index contributed by atoms with van der Waals surface area (Å²) in [5.74, 6) is 1.32. The van der Waals surface area contributed by atoms with Gasteiger partial charge in [0.05, 0.1) is 5.92 Å². The molecule has 1 aromatic heterocycles. The van der Waals surface area contributed by atoms with Crippen molar-refractivity contribution in [1.29, 1.82) is 0 Å². The highest BCUT2D eigenvalue weighted by Gasteiger charge is 2.22. The first kappa shape index (κ1) is 15.4. The van der Waals surface area contributed by atoms with Gasteiger partial charge in [-0.05, 0) is 17.5 Å². The Morgan fingerprint density at radius 2 is 1.61 bits per heavy atom. The molecule has 1 heterocycles. The van der Waals surface area contributed by atoms with Gasteiger partial charge in [0.1, 0.15) is 0 Å². The molecule has 2 atom stereocenters. The molecule has 0 saturated carbocycles. The van der Waals surface area contributed by atoms with Crippen LogP contribution in [0.2, 0.25) is 0 Å². The Hall–Kier alpha value is -2.46. The molecule has 0 amide bonds. The van der Waals surface area contributed by atoms with Gasteiger partial charge in [0.15, 0.2) is 5.82 Å². The smallest absolute Gasteiger partial charge is 0.231 e. The molecule has 2 N–H and O–H groups in total. The molecular weight excluding hydrogens is 286 g/mol. The van der Waals surface area contributed by atoms with Crippen LogP contribution in [0, 0.1) is 0 Å². The molecule has 4 heteroatoms. The maximum Gasteiger partial charge on any atom is 0.231 e. The number of hydrogen-bond acceptors (Lipinski definition) is 4. The van der Waals surface area contributed by atoms with Crippen LogP contribution >= 0.6 is 0 Å². The van der Waals surface area contributed by atoms with E-state index in [4.69, 9.17) is 10.3 Å². The number of aromatic nitrogens is 2. The number of aryl methyl sites for hydroxylation is 2. The summed E-state index contributed by atoms with van der Waals surface area (Å²) in [5, 5.41) is 4.09. The van der Waals surface area contributed by atoms with Crippen molar-refractivity contribution in [3.05, 3.63) is 83.5 Å². The zero-order chi connectivity index (χ0) is 16.1. The van der Waals surface area contributed by atoms with Crippen molar-refractivity contribution >= 4 is 0 Å². The van der Waals surface area contributed by atoms with Crippen LogP contribution in [0.15, 0.2) is 65.2 Å². The summed E-state index contributed by atoms with van der Waals surface area (Å²) < 4.78 is 5.42. The minimum Gasteiger partial charge on any atom is -0.339 e. The van der Waals surface area contributed by atoms with E-state index in [0.717, 1.165) is 24.2 Å². The third-order valence-corrected chi connectivity index (χ3v) is 4.08. The molecule has 23 heavy (non-hydrogen) atoms. The summed E-state index contributed by atoms with van der Waals surface area (Å²) in [5.41, 5.74) is 8.66. The molecule has 0 radical (unpaired) electrons. The Bertz CT molecular complexity index is 725. The van der Waals surface area contributed by atoms with Gasteiger partial charge < -0.3 is 10.3 Å². The lowest BCUT2D eigenvalue weighted by Crippen LogP contribution is -2.17. The monoisotopic (exact) mass is 307 g/mol. The Morgan fingerprint density at radius 3 is 2.30 bits per heavy atom. The lowest BCUT2D eigenvalue weighted by molar-refractivity contribution is 0.340. The van der Waals surface area contributed by atoms with Gasteiger partial charge in [-0.3, -0.25) is 0 Å². The van der Waals surface area contributed by atoms with E-state index in [-0.39, 0.29) is 12.0 Å². The zero-order valence-electron chi connectivity index (χ0n) is 13.2. The predicted octanol–water partition coefficient (Wildman–Crippen LogP) is 3.66. The maximum absolute atomic E-state index is 6.32. The summed E-state index contributed by atoms with van der Waals surface area (Å²) in [7, 11) is 0. The van der Waals surface area contributed by atoms with Crippen LogP contribution < -0.4 is 5.73 Å². The lowest BCUT2D eigenvalue weighted by Gasteiger charge is -2.16. The van der Waals surface area contributed by atoms with E-state index in [1.807, 2.05) is 55.5 Å². The highest BCUT2D eigenvalue weighted by molar-refractivity contribution is 5.21. The van der Waals surface area contributed by atoms with Crippen molar-refractivity contribution in [2.24, 2.45) is 5.73 Å². The summed E-state index contributed by atoms with van der Waals surface area (Å²) in [6, 6.07) is 20.2. The molecule has 0 spiro atoms. The van der Waals surface area contributed by atoms with E-state index in [1.54, 1.807) is 0 Å². The summed E-state index contributed by atoms with van der Waals surface area (Å²) in [4.78, 5) is 4.51. The average molecular weight is 307 g/mol. The number of benzene rings is 2. The van der Waals surface area contributed by atoms with Crippen molar-refractivity contribution < 1.29 is 4.52 Å². The molecule has 0 aliphatic rings. The first-order valence-electron chi connectivity index (χ1n) is 7.91. The van der Waals surface area contributed by atoms with E-state index in [0.29, 0.717) is 5.89 Å². The first-order chi connectivity index (χ1) is 11.2. The Kier molecular flexibility index (Phi) is 4.83. The lowest BCUT2D eigenvalue weighted by atomic mass is 9.95. The van der Waals surface area contributed by atoms with Gasteiger partial charge in [0, 0.05) is 12.5 Å². The molecule has 2 aromatic carbocycles. The van der Waals surface area contributed by atoms with Gasteiger partial charge in [-0.1, -0.05) is 72.7 Å². The van der Waals surface area contributed by atoms with E-state index in [2.05, 4.69) is 22.3 Å². The molecule has 118 valence electrons. The summed E-state index contributed by atoms with van der Waals surface area (Å²) in [6.45, 7) is 2.02. The largest absolute Gasteiger partial charge is 0.339 e. The van der Waals surface area contributed by atoms with Crippen LogP contribution in [0.25, 0.3) is 0 Å². The fraction of sp³-hybridized carbons (Fsp3) is 0.263. The molecule has 0 bridgehead atoms. The van der Waals surface area contributed by atoms with Crippen LogP contribution in [0.1, 0.15) is 41.7 Å². The minimum atomic E-state index is -0.154. The second-order valence-corrected chi connectivity index (χ2v) is 5.76. The predicted molar refractivity (Wildman–Crippen MR) is 89.9 cm³/mol. The number of rotatable bonds is 6. The Morgan fingerprint density at radius 1 is 0.957 bits per heavy atom. The van der Waals surface area contributed by atoms with E-state index in [9.17, 15) is 0 Å². The van der Waals surface area contributed by atoms with Crippen LogP contribution in [0.4, 0.5) is 0 Å². The molecule has 0 fully saturated rings. The van der Waals surface area contributed by atoms with Crippen LogP contribution in [0.5, 0.6) is 0 Å². The second-order valence-electron chi connectivity index (χ2n) is 5.76. The first-order valence-corrected chi connectivity index (χ1v) is 7.91. The standard InChI is InChI=1S/C19H21N3O/c1-14(18(20)16-10-6-3-7-11-16)19-21-17(22-23-19)13-12-15-8-4-2-5-9-15/h2-11,14,18H,12-13,20H2,1H3. The fourth-order valence-electron chi connectivity index (χ4n) is 2.57. The SMILES string of the molecule is CC(c1nc(CCc2ccccc2)no1)C(N)c1ccccc1. The van der Waals surface area contributed by atoms with Crippen LogP contribution in [-0.2, 0) is 12.8 Å². The third kappa shape index (κ3) is 3.85. The molecule has 0 aliphatic carbocycles. The highest BCUT2D eigenvalue weighted by atomic mass is 16.5. The van der Waals surface area contributed by atoms with Crippen molar-refractivity contribution in [2.45, 2.75) is 31.7 Å². The van der Waals surface area contributed by atoms with Crippen molar-refractivity contribution in [1.82, 2.24) is 10.1 Å². The van der Waals surface area contributed by atoms with Gasteiger partial charge in [-0.15, -0.1) is 0 Å². The van der Waals surface area contributed by atoms with Crippen molar-refractivity contribution in [2.75, 3.05) is 0 Å². The van der Waals surface area contributed by atoms with E-state index < -0.39 is 0 Å². The zero-order valence-corrected chi connectivity index (χ0v) is 13.2. The van der Waals surface area contributed by atoms with Crippen molar-refractivity contribution in [3.63, 3.8) is 0 Å². The van der Waals surface area contributed by atoms with Crippen LogP contribution in [-0.4, -0.2) is 10.1 Å². The average Bonchev–Trinajstić information content (AvgIpc) is 3.09. The number of hydrogen-bond donors (Lipinski definition) is 1. The Labute approximate surface area is 136 Å². The number of nitrogens with zero attached hydrogens (tertiary/aromatic N) is 2. The molecule has 3 rings (SSSR count). The highest BCUT2D eigenvalue weighted by Crippen LogP contribution is 2.27. The van der Waals surface area contributed by atoms with Crippen molar-refractivity contribution in [3.8, 4) is 0 Å². The Balaban J connectivity index is 1.64.